The van der Waals surface area contributed by atoms with Gasteiger partial charge in [0.25, 0.3) is 10.0 Å². The molecule has 1 saturated heterocycles. The van der Waals surface area contributed by atoms with Crippen molar-refractivity contribution in [2.75, 3.05) is 13.1 Å². The van der Waals surface area contributed by atoms with Crippen molar-refractivity contribution in [2.24, 2.45) is 7.05 Å². The van der Waals surface area contributed by atoms with Crippen LogP contribution in [0.15, 0.2) is 41.8 Å². The van der Waals surface area contributed by atoms with Crippen molar-refractivity contribution in [3.05, 3.63) is 48.2 Å². The minimum Gasteiger partial charge on any atom is -0.339 e. The van der Waals surface area contributed by atoms with E-state index in [-0.39, 0.29) is 23.9 Å². The van der Waals surface area contributed by atoms with Crippen molar-refractivity contribution in [1.29, 1.82) is 0 Å². The van der Waals surface area contributed by atoms with E-state index in [0.717, 1.165) is 4.31 Å². The van der Waals surface area contributed by atoms with Crippen LogP contribution in [-0.4, -0.2) is 41.1 Å². The summed E-state index contributed by atoms with van der Waals surface area (Å²) in [7, 11) is -2.12. The highest BCUT2D eigenvalue weighted by molar-refractivity contribution is 7.89. The van der Waals surface area contributed by atoms with Gasteiger partial charge in [-0.05, 0) is 17.7 Å². The van der Waals surface area contributed by atoms with Crippen molar-refractivity contribution in [2.45, 2.75) is 10.9 Å². The predicted octanol–water partition coefficient (Wildman–Crippen LogP) is 0.916. The van der Waals surface area contributed by atoms with Gasteiger partial charge in [0.05, 0.1) is 18.8 Å². The lowest BCUT2D eigenvalue weighted by molar-refractivity contribution is -0.117. The van der Waals surface area contributed by atoms with Gasteiger partial charge in [-0.15, -0.1) is 0 Å². The first-order chi connectivity index (χ1) is 10.4. The third-order valence-electron chi connectivity index (χ3n) is 3.66. The van der Waals surface area contributed by atoms with E-state index in [1.165, 1.54) is 41.4 Å². The molecular weight excluding hydrogens is 309 g/mol. The van der Waals surface area contributed by atoms with E-state index in [4.69, 9.17) is 0 Å². The molecule has 1 atom stereocenters. The smallest absolute Gasteiger partial charge is 0.262 e. The number of aromatic nitrogens is 2. The lowest BCUT2D eigenvalue weighted by Crippen LogP contribution is -2.29. The summed E-state index contributed by atoms with van der Waals surface area (Å²) in [5, 5.41) is -0.0810. The number of carbonyl (C=O) groups excluding carboxylic acids is 1. The number of Topliss-reactive ketones (excluding diaryl/α,β-unsaturated/α-hetero) is 1. The zero-order valence-electron chi connectivity index (χ0n) is 11.8. The van der Waals surface area contributed by atoms with Gasteiger partial charge in [-0.1, -0.05) is 12.1 Å². The molecule has 22 heavy (non-hydrogen) atoms. The maximum Gasteiger partial charge on any atom is 0.262 e. The molecule has 0 amide bonds. The Morgan fingerprint density at radius 3 is 2.55 bits per heavy atom. The quantitative estimate of drug-likeness (QED) is 0.842. The van der Waals surface area contributed by atoms with Crippen LogP contribution in [0.4, 0.5) is 4.39 Å². The van der Waals surface area contributed by atoms with Crippen LogP contribution in [0.1, 0.15) is 11.5 Å². The Labute approximate surface area is 127 Å². The summed E-state index contributed by atoms with van der Waals surface area (Å²) < 4.78 is 40.5. The summed E-state index contributed by atoms with van der Waals surface area (Å²) in [5.41, 5.74) is 0.616. The first-order valence-electron chi connectivity index (χ1n) is 6.64. The lowest BCUT2D eigenvalue weighted by Gasteiger charge is -2.14. The number of hydrogen-bond donors (Lipinski definition) is 0. The second-order valence-corrected chi connectivity index (χ2v) is 7.13. The molecule has 0 spiro atoms. The number of carbonyl (C=O) groups is 1. The zero-order chi connectivity index (χ0) is 15.9. The Morgan fingerprint density at radius 2 is 1.95 bits per heavy atom. The van der Waals surface area contributed by atoms with Gasteiger partial charge in [0.15, 0.2) is 10.8 Å². The van der Waals surface area contributed by atoms with Gasteiger partial charge in [-0.3, -0.25) is 4.79 Å². The van der Waals surface area contributed by atoms with Crippen LogP contribution in [0.2, 0.25) is 0 Å². The summed E-state index contributed by atoms with van der Waals surface area (Å²) in [6.07, 6.45) is 2.78. The molecule has 8 heteroatoms. The fourth-order valence-electron chi connectivity index (χ4n) is 2.48. The monoisotopic (exact) mass is 323 g/mol. The van der Waals surface area contributed by atoms with E-state index in [0.29, 0.717) is 5.56 Å². The number of halogens is 1. The fourth-order valence-corrected chi connectivity index (χ4v) is 3.86. The molecule has 2 aromatic rings. The molecule has 0 N–H and O–H groups in total. The molecule has 6 nitrogen and oxygen atoms in total. The third-order valence-corrected chi connectivity index (χ3v) is 5.36. The minimum atomic E-state index is -3.79. The lowest BCUT2D eigenvalue weighted by atomic mass is 9.98. The van der Waals surface area contributed by atoms with Gasteiger partial charge in [-0.25, -0.2) is 17.8 Å². The molecule has 1 aliphatic heterocycles. The molecule has 0 radical (unpaired) electrons. The van der Waals surface area contributed by atoms with Crippen LogP contribution >= 0.6 is 0 Å². The van der Waals surface area contributed by atoms with Crippen LogP contribution in [0.5, 0.6) is 0 Å². The van der Waals surface area contributed by atoms with Crippen LogP contribution in [0, 0.1) is 5.82 Å². The van der Waals surface area contributed by atoms with Gasteiger partial charge >= 0.3 is 0 Å². The highest BCUT2D eigenvalue weighted by Crippen LogP contribution is 2.28. The Kier molecular flexibility index (Phi) is 3.57. The maximum atomic E-state index is 13.0. The number of hydrogen-bond acceptors (Lipinski definition) is 4. The number of sulfonamides is 1. The SMILES string of the molecule is Cn1cnc(S(=O)(=O)N2CC(=O)[C@@H](c3ccc(F)cc3)C2)c1. The first-order valence-corrected chi connectivity index (χ1v) is 8.08. The van der Waals surface area contributed by atoms with Crippen molar-refractivity contribution < 1.29 is 17.6 Å². The first kappa shape index (κ1) is 14.9. The molecule has 1 aromatic heterocycles. The van der Waals surface area contributed by atoms with E-state index >= 15 is 0 Å². The van der Waals surface area contributed by atoms with Gasteiger partial charge in [0.2, 0.25) is 0 Å². The van der Waals surface area contributed by atoms with Crippen molar-refractivity contribution in [3.63, 3.8) is 0 Å². The molecule has 0 saturated carbocycles. The average Bonchev–Trinajstić information content (AvgIpc) is 3.07. The summed E-state index contributed by atoms with van der Waals surface area (Å²) in [5.74, 6) is -1.17. The summed E-state index contributed by atoms with van der Waals surface area (Å²) in [6.45, 7) is -0.148. The number of benzene rings is 1. The molecular formula is C14H14FN3O3S. The highest BCUT2D eigenvalue weighted by atomic mass is 32.2. The molecule has 116 valence electrons. The largest absolute Gasteiger partial charge is 0.339 e. The van der Waals surface area contributed by atoms with E-state index in [9.17, 15) is 17.6 Å². The number of nitrogens with zero attached hydrogens (tertiary/aromatic N) is 3. The maximum absolute atomic E-state index is 13.0. The summed E-state index contributed by atoms with van der Waals surface area (Å²) in [6, 6.07) is 5.54. The van der Waals surface area contributed by atoms with Crippen LogP contribution in [0.25, 0.3) is 0 Å². The predicted molar refractivity (Wildman–Crippen MR) is 76.1 cm³/mol. The molecule has 3 rings (SSSR count). The standard InChI is InChI=1S/C14H14FN3O3S/c1-17-8-14(16-9-17)22(20,21)18-6-12(13(19)7-18)10-2-4-11(15)5-3-10/h2-5,8-9,12H,6-7H2,1H3/t12-/m1/s1. The average molecular weight is 323 g/mol. The molecule has 2 heterocycles. The molecule has 1 aliphatic rings. The molecule has 0 unspecified atom stereocenters. The van der Waals surface area contributed by atoms with Gasteiger partial charge in [-0.2, -0.15) is 4.31 Å². The van der Waals surface area contributed by atoms with E-state index in [1.54, 1.807) is 7.05 Å². The minimum absolute atomic E-state index is 0.0450. The third kappa shape index (κ3) is 2.55. The molecule has 0 bridgehead atoms. The Balaban J connectivity index is 1.87. The van der Waals surface area contributed by atoms with E-state index in [2.05, 4.69) is 4.98 Å². The second kappa shape index (κ2) is 5.29. The number of rotatable bonds is 3. The van der Waals surface area contributed by atoms with Gasteiger partial charge in [0.1, 0.15) is 5.82 Å². The normalized spacial score (nSPS) is 19.7. The molecule has 1 fully saturated rings. The Morgan fingerprint density at radius 1 is 1.27 bits per heavy atom. The Hall–Kier alpha value is -2.06. The molecule has 0 aliphatic carbocycles. The van der Waals surface area contributed by atoms with Crippen molar-refractivity contribution >= 4 is 15.8 Å². The van der Waals surface area contributed by atoms with E-state index in [1.807, 2.05) is 0 Å². The second-order valence-electron chi connectivity index (χ2n) is 5.25. The number of imidazole rings is 1. The van der Waals surface area contributed by atoms with Gasteiger partial charge in [0, 0.05) is 19.8 Å². The van der Waals surface area contributed by atoms with Crippen LogP contribution in [0.3, 0.4) is 0 Å². The number of ketones is 1. The van der Waals surface area contributed by atoms with Crippen LogP contribution < -0.4 is 0 Å². The topological polar surface area (TPSA) is 72.3 Å². The van der Waals surface area contributed by atoms with Crippen molar-refractivity contribution in [1.82, 2.24) is 13.9 Å². The van der Waals surface area contributed by atoms with Crippen LogP contribution in [-0.2, 0) is 21.9 Å². The zero-order valence-corrected chi connectivity index (χ0v) is 12.6. The molecule has 1 aromatic carbocycles. The highest BCUT2D eigenvalue weighted by Gasteiger charge is 2.39. The fraction of sp³-hybridized carbons (Fsp3) is 0.286. The summed E-state index contributed by atoms with van der Waals surface area (Å²) in [4.78, 5) is 16.0. The van der Waals surface area contributed by atoms with Gasteiger partial charge < -0.3 is 4.57 Å². The van der Waals surface area contributed by atoms with E-state index < -0.39 is 21.8 Å². The summed E-state index contributed by atoms with van der Waals surface area (Å²) >= 11 is 0. The Bertz CT molecular complexity index is 814. The number of aryl methyl sites for hydroxylation is 1. The van der Waals surface area contributed by atoms with Crippen molar-refractivity contribution in [3.8, 4) is 0 Å².